The Morgan fingerprint density at radius 2 is 2.32 bits per heavy atom. The lowest BCUT2D eigenvalue weighted by Crippen LogP contribution is -2.30. The third kappa shape index (κ3) is 3.69. The molecule has 0 radical (unpaired) electrons. The van der Waals surface area contributed by atoms with Crippen LogP contribution < -0.4 is 0 Å². The van der Waals surface area contributed by atoms with E-state index in [1.54, 1.807) is 23.3 Å². The Labute approximate surface area is 123 Å². The molecule has 2 aromatic rings. The first-order chi connectivity index (χ1) is 9.20. The molecule has 6 heteroatoms. The summed E-state index contributed by atoms with van der Waals surface area (Å²) in [6.45, 7) is 0.772. The van der Waals surface area contributed by atoms with Crippen LogP contribution in [0.2, 0.25) is 0 Å². The first-order valence-corrected chi connectivity index (χ1v) is 7.25. The van der Waals surface area contributed by atoms with E-state index in [1.807, 2.05) is 12.1 Å². The monoisotopic (exact) mass is 338 g/mol. The molecule has 0 atom stereocenters. The summed E-state index contributed by atoms with van der Waals surface area (Å²) in [5, 5.41) is 8.68. The van der Waals surface area contributed by atoms with Gasteiger partial charge in [-0.25, -0.2) is 0 Å². The molecule has 19 heavy (non-hydrogen) atoms. The molecular weight excluding hydrogens is 328 g/mol. The van der Waals surface area contributed by atoms with Gasteiger partial charge in [-0.2, -0.15) is 5.26 Å². The standard InChI is InChI=1S/C13H11BrN2O2S/c14-12-5-4-11(19-12)13(17)16(7-2-6-15)9-10-3-1-8-18-10/h1,3-5,8H,2,7,9H2. The fourth-order valence-electron chi connectivity index (χ4n) is 1.61. The molecule has 1 amide bonds. The van der Waals surface area contributed by atoms with E-state index in [0.29, 0.717) is 30.1 Å². The van der Waals surface area contributed by atoms with Crippen molar-refractivity contribution in [2.24, 2.45) is 0 Å². The van der Waals surface area contributed by atoms with Crippen LogP contribution in [0.25, 0.3) is 0 Å². The van der Waals surface area contributed by atoms with Crippen molar-refractivity contribution in [1.29, 1.82) is 5.26 Å². The molecule has 0 fully saturated rings. The van der Waals surface area contributed by atoms with E-state index in [-0.39, 0.29) is 5.91 Å². The Balaban J connectivity index is 2.12. The van der Waals surface area contributed by atoms with E-state index in [2.05, 4.69) is 22.0 Å². The van der Waals surface area contributed by atoms with Crippen molar-refractivity contribution in [2.45, 2.75) is 13.0 Å². The smallest absolute Gasteiger partial charge is 0.264 e. The van der Waals surface area contributed by atoms with Gasteiger partial charge in [0.1, 0.15) is 5.76 Å². The second-order valence-corrected chi connectivity index (χ2v) is 6.28. The number of nitrogens with zero attached hydrogens (tertiary/aromatic N) is 2. The second-order valence-electron chi connectivity index (χ2n) is 3.82. The topological polar surface area (TPSA) is 57.2 Å². The van der Waals surface area contributed by atoms with Gasteiger partial charge in [0.15, 0.2) is 0 Å². The molecule has 2 aromatic heterocycles. The summed E-state index contributed by atoms with van der Waals surface area (Å²) in [5.41, 5.74) is 0. The van der Waals surface area contributed by atoms with Gasteiger partial charge < -0.3 is 9.32 Å². The van der Waals surface area contributed by atoms with Crippen molar-refractivity contribution in [2.75, 3.05) is 6.54 Å². The van der Waals surface area contributed by atoms with Crippen LogP contribution in [0.3, 0.4) is 0 Å². The molecule has 0 unspecified atom stereocenters. The average Bonchev–Trinajstić information content (AvgIpc) is 3.05. The minimum absolute atomic E-state index is 0.0812. The van der Waals surface area contributed by atoms with E-state index in [4.69, 9.17) is 9.68 Å². The maximum atomic E-state index is 12.4. The Kier molecular flexibility index (Phi) is 4.77. The maximum Gasteiger partial charge on any atom is 0.264 e. The lowest BCUT2D eigenvalue weighted by Gasteiger charge is -2.19. The highest BCUT2D eigenvalue weighted by Crippen LogP contribution is 2.24. The first kappa shape index (κ1) is 13.8. The van der Waals surface area contributed by atoms with Crippen molar-refractivity contribution >= 4 is 33.2 Å². The quantitative estimate of drug-likeness (QED) is 0.835. The minimum Gasteiger partial charge on any atom is -0.467 e. The molecule has 4 nitrogen and oxygen atoms in total. The fourth-order valence-corrected chi connectivity index (χ4v) is 2.97. The number of amides is 1. The average molecular weight is 339 g/mol. The summed E-state index contributed by atoms with van der Waals surface area (Å²) in [5.74, 6) is 0.629. The number of thiophene rings is 1. The molecule has 2 rings (SSSR count). The molecule has 2 heterocycles. The molecule has 0 spiro atoms. The van der Waals surface area contributed by atoms with E-state index in [1.165, 1.54) is 11.3 Å². The lowest BCUT2D eigenvalue weighted by molar-refractivity contribution is 0.0740. The zero-order valence-corrected chi connectivity index (χ0v) is 12.4. The van der Waals surface area contributed by atoms with Crippen LogP contribution in [0.4, 0.5) is 0 Å². The van der Waals surface area contributed by atoms with E-state index in [9.17, 15) is 4.79 Å². The number of carbonyl (C=O) groups is 1. The summed E-state index contributed by atoms with van der Waals surface area (Å²) in [4.78, 5) is 14.6. The highest BCUT2D eigenvalue weighted by molar-refractivity contribution is 9.11. The molecule has 0 bridgehead atoms. The van der Waals surface area contributed by atoms with Crippen molar-refractivity contribution in [1.82, 2.24) is 4.90 Å². The van der Waals surface area contributed by atoms with Gasteiger partial charge in [0, 0.05) is 6.54 Å². The minimum atomic E-state index is -0.0812. The molecule has 0 saturated carbocycles. The van der Waals surface area contributed by atoms with Crippen LogP contribution in [0, 0.1) is 11.3 Å². The van der Waals surface area contributed by atoms with Crippen LogP contribution in [-0.2, 0) is 6.54 Å². The Bertz CT molecular complexity index is 586. The third-order valence-corrected chi connectivity index (χ3v) is 4.10. The largest absolute Gasteiger partial charge is 0.467 e. The maximum absolute atomic E-state index is 12.4. The highest BCUT2D eigenvalue weighted by Gasteiger charge is 2.18. The molecule has 0 saturated heterocycles. The van der Waals surface area contributed by atoms with Gasteiger partial charge in [-0.3, -0.25) is 4.79 Å². The van der Waals surface area contributed by atoms with Gasteiger partial charge in [-0.1, -0.05) is 0 Å². The number of carbonyl (C=O) groups excluding carboxylic acids is 1. The molecule has 0 aliphatic heterocycles. The normalized spacial score (nSPS) is 10.1. The number of nitriles is 1. The Morgan fingerprint density at radius 1 is 1.47 bits per heavy atom. The SMILES string of the molecule is N#CCCN(Cc1ccco1)C(=O)c1ccc(Br)s1. The molecule has 0 aliphatic rings. The number of halogens is 1. The second kappa shape index (κ2) is 6.55. The lowest BCUT2D eigenvalue weighted by atomic mass is 10.3. The molecule has 0 aliphatic carbocycles. The third-order valence-electron chi connectivity index (χ3n) is 2.49. The molecule has 98 valence electrons. The van der Waals surface area contributed by atoms with E-state index < -0.39 is 0 Å². The predicted molar refractivity (Wildman–Crippen MR) is 75.7 cm³/mol. The first-order valence-electron chi connectivity index (χ1n) is 5.64. The van der Waals surface area contributed by atoms with E-state index in [0.717, 1.165) is 3.79 Å². The summed E-state index contributed by atoms with van der Waals surface area (Å²) in [7, 11) is 0. The summed E-state index contributed by atoms with van der Waals surface area (Å²) >= 11 is 4.72. The van der Waals surface area contributed by atoms with Crippen LogP contribution in [0.5, 0.6) is 0 Å². The van der Waals surface area contributed by atoms with Crippen molar-refractivity contribution < 1.29 is 9.21 Å². The number of hydrogen-bond donors (Lipinski definition) is 0. The zero-order chi connectivity index (χ0) is 13.7. The molecular formula is C13H11BrN2O2S. The van der Waals surface area contributed by atoms with Crippen LogP contribution >= 0.6 is 27.3 Å². The van der Waals surface area contributed by atoms with Crippen molar-refractivity contribution in [3.8, 4) is 6.07 Å². The van der Waals surface area contributed by atoms with Crippen LogP contribution in [-0.4, -0.2) is 17.4 Å². The van der Waals surface area contributed by atoms with Gasteiger partial charge in [0.2, 0.25) is 0 Å². The van der Waals surface area contributed by atoms with Gasteiger partial charge in [0.25, 0.3) is 5.91 Å². The predicted octanol–water partition coefficient (Wildman–Crippen LogP) is 3.66. The Morgan fingerprint density at radius 3 is 2.89 bits per heavy atom. The number of furan rings is 1. The van der Waals surface area contributed by atoms with E-state index >= 15 is 0 Å². The molecule has 0 aromatic carbocycles. The van der Waals surface area contributed by atoms with Gasteiger partial charge in [-0.15, -0.1) is 11.3 Å². The van der Waals surface area contributed by atoms with Crippen molar-refractivity contribution in [3.05, 3.63) is 45.0 Å². The van der Waals surface area contributed by atoms with Crippen molar-refractivity contribution in [3.63, 3.8) is 0 Å². The number of hydrogen-bond acceptors (Lipinski definition) is 4. The number of rotatable bonds is 5. The van der Waals surface area contributed by atoms with Crippen LogP contribution in [0.1, 0.15) is 21.9 Å². The summed E-state index contributed by atoms with van der Waals surface area (Å²) in [6, 6.07) is 9.27. The highest BCUT2D eigenvalue weighted by atomic mass is 79.9. The van der Waals surface area contributed by atoms with Gasteiger partial charge >= 0.3 is 0 Å². The summed E-state index contributed by atoms with van der Waals surface area (Å²) < 4.78 is 6.16. The van der Waals surface area contributed by atoms with Gasteiger partial charge in [0.05, 0.1) is 34.0 Å². The van der Waals surface area contributed by atoms with Crippen LogP contribution in [0.15, 0.2) is 38.7 Å². The fraction of sp³-hybridized carbons (Fsp3) is 0.231. The Hall–Kier alpha value is -1.58. The zero-order valence-electron chi connectivity index (χ0n) is 10.0. The molecule has 0 N–H and O–H groups in total. The van der Waals surface area contributed by atoms with Gasteiger partial charge in [-0.05, 0) is 40.2 Å². The summed E-state index contributed by atoms with van der Waals surface area (Å²) in [6.07, 6.45) is 1.88.